The predicted octanol–water partition coefficient (Wildman–Crippen LogP) is 4.48. The fraction of sp³-hybridized carbons (Fsp3) is 0.367. The monoisotopic (exact) mass is 564 g/mol. The van der Waals surface area contributed by atoms with Crippen molar-refractivity contribution in [2.45, 2.75) is 32.9 Å². The minimum absolute atomic E-state index is 0.0973. The number of rotatable bonds is 12. The van der Waals surface area contributed by atoms with Crippen LogP contribution in [0.3, 0.4) is 0 Å². The van der Waals surface area contributed by atoms with Crippen molar-refractivity contribution in [2.24, 2.45) is 4.99 Å². The summed E-state index contributed by atoms with van der Waals surface area (Å²) in [4.78, 5) is 34.8. The van der Waals surface area contributed by atoms with Crippen LogP contribution in [0.4, 0.5) is 0 Å². The molecule has 10 heteroatoms. The number of aliphatic imine (C=N–C) groups is 1. The number of esters is 1. The Morgan fingerprint density at radius 1 is 1.12 bits per heavy atom. The highest BCUT2D eigenvalue weighted by Crippen LogP contribution is 2.46. The Morgan fingerprint density at radius 3 is 2.60 bits per heavy atom. The van der Waals surface area contributed by atoms with E-state index in [1.54, 1.807) is 14.0 Å². The van der Waals surface area contributed by atoms with Crippen LogP contribution in [0.25, 0.3) is 0 Å². The summed E-state index contributed by atoms with van der Waals surface area (Å²) < 4.78 is 17.2. The largest absolute Gasteiger partial charge is 0.493 e. The van der Waals surface area contributed by atoms with Gasteiger partial charge in [0.05, 0.1) is 37.4 Å². The second-order valence-corrected chi connectivity index (χ2v) is 10.5. The molecular weight excluding hydrogens is 528 g/mol. The van der Waals surface area contributed by atoms with Crippen molar-refractivity contribution < 1.29 is 23.8 Å². The number of amidine groups is 1. The molecule has 0 saturated heterocycles. The van der Waals surface area contributed by atoms with Gasteiger partial charge in [-0.05, 0) is 56.6 Å². The third-order valence-corrected chi connectivity index (χ3v) is 7.35. The van der Waals surface area contributed by atoms with E-state index in [0.717, 1.165) is 23.4 Å². The fourth-order valence-electron chi connectivity index (χ4n) is 4.51. The lowest BCUT2D eigenvalue weighted by Gasteiger charge is -2.36. The molecule has 0 aliphatic carbocycles. The zero-order valence-corrected chi connectivity index (χ0v) is 24.4. The van der Waals surface area contributed by atoms with Crippen molar-refractivity contribution in [3.63, 3.8) is 0 Å². The van der Waals surface area contributed by atoms with Gasteiger partial charge in [-0.25, -0.2) is 9.79 Å². The highest BCUT2D eigenvalue weighted by Gasteiger charge is 2.41. The second-order valence-electron chi connectivity index (χ2n) is 9.63. The quantitative estimate of drug-likeness (QED) is 0.378. The number of allylic oxidation sites excluding steroid dienone is 1. The molecule has 2 aliphatic heterocycles. The van der Waals surface area contributed by atoms with E-state index in [2.05, 4.69) is 5.32 Å². The van der Waals surface area contributed by atoms with Gasteiger partial charge in [-0.15, -0.1) is 0 Å². The van der Waals surface area contributed by atoms with Crippen LogP contribution in [0, 0.1) is 0 Å². The lowest BCUT2D eigenvalue weighted by atomic mass is 9.93. The number of carbonyl (C=O) groups excluding carboxylic acids is 2. The Morgan fingerprint density at radius 2 is 1.90 bits per heavy atom. The Balaban J connectivity index is 1.65. The fourth-order valence-corrected chi connectivity index (χ4v) is 5.47. The first-order valence-corrected chi connectivity index (χ1v) is 14.1. The molecule has 2 aliphatic rings. The summed E-state index contributed by atoms with van der Waals surface area (Å²) in [7, 11) is 5.51. The number of benzene rings is 2. The number of fused-ring (bicyclic) bond motifs is 1. The zero-order chi connectivity index (χ0) is 28.6. The minimum Gasteiger partial charge on any atom is -0.493 e. The van der Waals surface area contributed by atoms with Crippen LogP contribution in [0.1, 0.15) is 37.4 Å². The van der Waals surface area contributed by atoms with E-state index in [-0.39, 0.29) is 18.9 Å². The van der Waals surface area contributed by atoms with Gasteiger partial charge in [0.2, 0.25) is 5.91 Å². The van der Waals surface area contributed by atoms with Crippen LogP contribution in [0.15, 0.2) is 75.9 Å². The first kappa shape index (κ1) is 29.2. The van der Waals surface area contributed by atoms with E-state index < -0.39 is 12.0 Å². The molecule has 212 valence electrons. The first-order chi connectivity index (χ1) is 19.3. The molecule has 1 amide bonds. The van der Waals surface area contributed by atoms with Crippen molar-refractivity contribution in [1.82, 2.24) is 15.1 Å². The summed E-state index contributed by atoms with van der Waals surface area (Å²) in [5, 5.41) is 5.60. The number of likely N-dealkylation sites (N-methyl/N-ethyl adjacent to an activating group) is 1. The zero-order valence-electron chi connectivity index (χ0n) is 23.6. The third-order valence-electron chi connectivity index (χ3n) is 6.46. The molecule has 0 spiro atoms. The van der Waals surface area contributed by atoms with E-state index in [4.69, 9.17) is 19.2 Å². The number of methoxy groups -OCH3 is 1. The smallest absolute Gasteiger partial charge is 0.338 e. The maximum Gasteiger partial charge on any atom is 0.338 e. The SMILES string of the molecule is CCOC(=O)C1=C(C)N=C2SC=C(CC(=O)NCCN(C)C)N2[C@H]1c1ccc(OCc2ccccc2)c(OC)c1. The van der Waals surface area contributed by atoms with Gasteiger partial charge >= 0.3 is 5.97 Å². The van der Waals surface area contributed by atoms with Gasteiger partial charge in [-0.1, -0.05) is 48.2 Å². The second kappa shape index (κ2) is 13.5. The lowest BCUT2D eigenvalue weighted by molar-refractivity contribution is -0.139. The molecular formula is C30H36N4O5S. The molecule has 0 fully saturated rings. The van der Waals surface area contributed by atoms with Crippen molar-refractivity contribution in [1.29, 1.82) is 0 Å². The van der Waals surface area contributed by atoms with Crippen molar-refractivity contribution >= 4 is 28.8 Å². The van der Waals surface area contributed by atoms with Crippen LogP contribution in [0.5, 0.6) is 11.5 Å². The molecule has 40 heavy (non-hydrogen) atoms. The molecule has 0 aromatic heterocycles. The molecule has 0 radical (unpaired) electrons. The molecule has 0 bridgehead atoms. The number of hydrogen-bond donors (Lipinski definition) is 1. The normalized spacial score (nSPS) is 16.4. The van der Waals surface area contributed by atoms with Gasteiger partial charge in [0.25, 0.3) is 0 Å². The van der Waals surface area contributed by atoms with Crippen LogP contribution in [-0.2, 0) is 20.9 Å². The topological polar surface area (TPSA) is 92.7 Å². The number of amides is 1. The summed E-state index contributed by atoms with van der Waals surface area (Å²) in [6.45, 7) is 5.50. The Labute approximate surface area is 239 Å². The molecule has 2 heterocycles. The Hall–Kier alpha value is -3.76. The maximum atomic E-state index is 13.3. The average Bonchev–Trinajstić information content (AvgIpc) is 3.33. The molecule has 1 atom stereocenters. The van der Waals surface area contributed by atoms with E-state index in [9.17, 15) is 9.59 Å². The number of hydrogen-bond acceptors (Lipinski definition) is 9. The van der Waals surface area contributed by atoms with Gasteiger partial charge in [0, 0.05) is 18.8 Å². The molecule has 2 aromatic carbocycles. The number of ether oxygens (including phenoxy) is 3. The number of nitrogens with zero attached hydrogens (tertiary/aromatic N) is 3. The van der Waals surface area contributed by atoms with E-state index >= 15 is 0 Å². The molecule has 1 N–H and O–H groups in total. The molecule has 0 saturated carbocycles. The minimum atomic E-state index is -0.556. The highest BCUT2D eigenvalue weighted by molar-refractivity contribution is 8.16. The van der Waals surface area contributed by atoms with Gasteiger partial charge < -0.3 is 29.3 Å². The van der Waals surface area contributed by atoms with Crippen molar-refractivity contribution in [3.8, 4) is 11.5 Å². The summed E-state index contributed by atoms with van der Waals surface area (Å²) in [6, 6.07) is 15.0. The standard InChI is InChI=1S/C30H36N4O5S/c1-6-38-29(36)27-20(2)32-30-34(23(19-40-30)17-26(35)31-14-15-33(3)4)28(27)22-12-13-24(25(16-22)37-5)39-18-21-10-8-7-9-11-21/h7-13,16,19,28H,6,14-15,17-18H2,1-5H3,(H,31,35)/t28-/m0/s1. The average molecular weight is 565 g/mol. The third kappa shape index (κ3) is 6.86. The van der Waals surface area contributed by atoms with Crippen LogP contribution in [-0.4, -0.2) is 67.7 Å². The lowest BCUT2D eigenvalue weighted by Crippen LogP contribution is -2.38. The Kier molecular flexibility index (Phi) is 9.89. The van der Waals surface area contributed by atoms with Crippen LogP contribution < -0.4 is 14.8 Å². The van der Waals surface area contributed by atoms with E-state index in [1.807, 2.05) is 84.8 Å². The molecule has 2 aromatic rings. The predicted molar refractivity (Wildman–Crippen MR) is 157 cm³/mol. The molecule has 9 nitrogen and oxygen atoms in total. The van der Waals surface area contributed by atoms with Crippen LogP contribution in [0.2, 0.25) is 0 Å². The summed E-state index contributed by atoms with van der Waals surface area (Å²) in [5.74, 6) is 0.588. The number of thioether (sulfide) groups is 1. The Bertz CT molecular complexity index is 1320. The van der Waals surface area contributed by atoms with Gasteiger partial charge in [-0.2, -0.15) is 0 Å². The number of carbonyl (C=O) groups is 2. The van der Waals surface area contributed by atoms with E-state index in [0.29, 0.717) is 41.1 Å². The van der Waals surface area contributed by atoms with Gasteiger partial charge in [-0.3, -0.25) is 4.79 Å². The van der Waals surface area contributed by atoms with Crippen molar-refractivity contribution in [3.05, 3.63) is 82.0 Å². The van der Waals surface area contributed by atoms with E-state index in [1.165, 1.54) is 11.8 Å². The highest BCUT2D eigenvalue weighted by atomic mass is 32.2. The summed E-state index contributed by atoms with van der Waals surface area (Å²) in [6.07, 6.45) is 0.153. The van der Waals surface area contributed by atoms with Crippen molar-refractivity contribution in [2.75, 3.05) is 40.9 Å². The number of nitrogens with one attached hydrogen (secondary N) is 1. The summed E-state index contributed by atoms with van der Waals surface area (Å²) >= 11 is 1.44. The summed E-state index contributed by atoms with van der Waals surface area (Å²) in [5.41, 5.74) is 3.59. The van der Waals surface area contributed by atoms with Gasteiger partial charge in [0.1, 0.15) is 6.61 Å². The van der Waals surface area contributed by atoms with Crippen LogP contribution >= 0.6 is 11.8 Å². The molecule has 4 rings (SSSR count). The molecule has 0 unspecified atom stereocenters. The van der Waals surface area contributed by atoms with Gasteiger partial charge in [0.15, 0.2) is 16.7 Å². The first-order valence-electron chi connectivity index (χ1n) is 13.2. The maximum absolute atomic E-state index is 13.3.